The number of nitro benzene ring substituents is 1. The van der Waals surface area contributed by atoms with Gasteiger partial charge in [-0.1, -0.05) is 36.4 Å². The molecule has 0 fully saturated rings. The third-order valence-electron chi connectivity index (χ3n) is 3.69. The van der Waals surface area contributed by atoms with Crippen molar-refractivity contribution in [3.63, 3.8) is 0 Å². The first kappa shape index (κ1) is 20.2. The lowest BCUT2D eigenvalue weighted by Crippen LogP contribution is -2.36. The number of hydrogen-bond acceptors (Lipinski definition) is 4. The molecule has 0 unspecified atom stereocenters. The van der Waals surface area contributed by atoms with Crippen LogP contribution in [0.3, 0.4) is 0 Å². The average Bonchev–Trinajstić information content (AvgIpc) is 2.62. The van der Waals surface area contributed by atoms with Crippen molar-refractivity contribution in [1.29, 1.82) is 0 Å². The summed E-state index contributed by atoms with van der Waals surface area (Å²) in [6, 6.07) is 14.5. The van der Waals surface area contributed by atoms with Crippen LogP contribution in [0.2, 0.25) is 0 Å². The summed E-state index contributed by atoms with van der Waals surface area (Å²) in [5, 5.41) is 17.4. The Hall–Kier alpha value is -3.09. The Labute approximate surface area is 159 Å². The van der Waals surface area contributed by atoms with Crippen molar-refractivity contribution in [1.82, 2.24) is 10.6 Å². The molecule has 0 saturated heterocycles. The van der Waals surface area contributed by atoms with Crippen LogP contribution in [0, 0.1) is 10.1 Å². The predicted molar refractivity (Wildman–Crippen MR) is 107 cm³/mol. The summed E-state index contributed by atoms with van der Waals surface area (Å²) in [6.07, 6.45) is 0. The van der Waals surface area contributed by atoms with Gasteiger partial charge in [0.15, 0.2) is 5.96 Å². The Bertz CT molecular complexity index is 813. The molecule has 0 bridgehead atoms. The first-order valence-corrected chi connectivity index (χ1v) is 8.74. The molecule has 0 heterocycles. The van der Waals surface area contributed by atoms with Crippen LogP contribution in [0.25, 0.3) is 0 Å². The lowest BCUT2D eigenvalue weighted by atomic mass is 10.1. The van der Waals surface area contributed by atoms with Crippen molar-refractivity contribution in [2.75, 3.05) is 7.05 Å². The lowest BCUT2D eigenvalue weighted by molar-refractivity contribution is -0.385. The monoisotopic (exact) mass is 370 g/mol. The third kappa shape index (κ3) is 6.29. The number of para-hydroxylation sites is 2. The molecule has 7 heteroatoms. The number of hydrogen-bond donors (Lipinski definition) is 2. The fourth-order valence-electron chi connectivity index (χ4n) is 2.50. The van der Waals surface area contributed by atoms with Crippen LogP contribution in [0.4, 0.5) is 5.69 Å². The van der Waals surface area contributed by atoms with Gasteiger partial charge in [-0.2, -0.15) is 0 Å². The Kier molecular flexibility index (Phi) is 6.76. The largest absolute Gasteiger partial charge is 0.488 e. The van der Waals surface area contributed by atoms with Crippen LogP contribution >= 0.6 is 0 Å². The zero-order chi connectivity index (χ0) is 19.9. The highest BCUT2D eigenvalue weighted by Crippen LogP contribution is 2.23. The van der Waals surface area contributed by atoms with E-state index in [0.29, 0.717) is 24.6 Å². The molecule has 27 heavy (non-hydrogen) atoms. The molecule has 0 amide bonds. The van der Waals surface area contributed by atoms with Crippen LogP contribution in [0.15, 0.2) is 53.5 Å². The minimum Gasteiger partial charge on any atom is -0.488 e. The number of ether oxygens (including phenoxy) is 1. The van der Waals surface area contributed by atoms with Crippen LogP contribution in [0.1, 0.15) is 31.9 Å². The highest BCUT2D eigenvalue weighted by molar-refractivity contribution is 5.79. The van der Waals surface area contributed by atoms with Crippen molar-refractivity contribution in [3.05, 3.63) is 69.8 Å². The topological polar surface area (TPSA) is 88.8 Å². The highest BCUT2D eigenvalue weighted by atomic mass is 16.6. The first-order chi connectivity index (χ1) is 12.8. The fourth-order valence-corrected chi connectivity index (χ4v) is 2.50. The van der Waals surface area contributed by atoms with Gasteiger partial charge in [-0.15, -0.1) is 0 Å². The third-order valence-corrected chi connectivity index (χ3v) is 3.69. The van der Waals surface area contributed by atoms with E-state index < -0.39 is 0 Å². The summed E-state index contributed by atoms with van der Waals surface area (Å²) >= 11 is 0. The van der Waals surface area contributed by atoms with E-state index in [9.17, 15) is 10.1 Å². The van der Waals surface area contributed by atoms with E-state index >= 15 is 0 Å². The van der Waals surface area contributed by atoms with Gasteiger partial charge in [-0.05, 0) is 26.8 Å². The Morgan fingerprint density at radius 2 is 1.59 bits per heavy atom. The standard InChI is InChI=1S/C20H26N4O3/c1-20(2,3)27-18-12-8-6-10-16(18)14-23-19(21-4)22-13-15-9-5-7-11-17(15)24(25)26/h5-12H,13-14H2,1-4H3,(H2,21,22,23). The van der Waals surface area contributed by atoms with E-state index in [-0.39, 0.29) is 16.2 Å². The molecule has 2 N–H and O–H groups in total. The second-order valence-electron chi connectivity index (χ2n) is 6.99. The lowest BCUT2D eigenvalue weighted by Gasteiger charge is -2.23. The molecule has 2 aromatic rings. The average molecular weight is 370 g/mol. The SMILES string of the molecule is CN=C(NCc1ccccc1OC(C)(C)C)NCc1ccccc1[N+](=O)[O-]. The number of aliphatic imine (C=N–C) groups is 1. The van der Waals surface area contributed by atoms with E-state index in [1.807, 2.05) is 45.0 Å². The molecule has 0 atom stereocenters. The zero-order valence-corrected chi connectivity index (χ0v) is 16.2. The maximum Gasteiger partial charge on any atom is 0.274 e. The van der Waals surface area contributed by atoms with Gasteiger partial charge in [0.1, 0.15) is 11.4 Å². The molecule has 0 spiro atoms. The first-order valence-electron chi connectivity index (χ1n) is 8.74. The van der Waals surface area contributed by atoms with Crippen LogP contribution < -0.4 is 15.4 Å². The van der Waals surface area contributed by atoms with Crippen molar-refractivity contribution >= 4 is 11.6 Å². The molecule has 2 rings (SSSR count). The van der Waals surface area contributed by atoms with Gasteiger partial charge in [0, 0.05) is 37.3 Å². The summed E-state index contributed by atoms with van der Waals surface area (Å²) in [6.45, 7) is 6.83. The van der Waals surface area contributed by atoms with E-state index in [4.69, 9.17) is 4.74 Å². The normalized spacial score (nSPS) is 11.8. The Balaban J connectivity index is 2.00. The van der Waals surface area contributed by atoms with Gasteiger partial charge in [0.2, 0.25) is 0 Å². The second kappa shape index (κ2) is 9.02. The summed E-state index contributed by atoms with van der Waals surface area (Å²) in [5.41, 5.74) is 1.40. The highest BCUT2D eigenvalue weighted by Gasteiger charge is 2.15. The molecular formula is C20H26N4O3. The van der Waals surface area contributed by atoms with Crippen molar-refractivity contribution in [2.24, 2.45) is 4.99 Å². The molecule has 144 valence electrons. The zero-order valence-electron chi connectivity index (χ0n) is 16.2. The Morgan fingerprint density at radius 3 is 2.19 bits per heavy atom. The van der Waals surface area contributed by atoms with E-state index in [0.717, 1.165) is 11.3 Å². The van der Waals surface area contributed by atoms with Crippen molar-refractivity contribution in [3.8, 4) is 5.75 Å². The number of guanidine groups is 1. The molecule has 7 nitrogen and oxygen atoms in total. The van der Waals surface area contributed by atoms with Gasteiger partial charge in [-0.3, -0.25) is 15.1 Å². The summed E-state index contributed by atoms with van der Waals surface area (Å²) in [5.74, 6) is 1.37. The molecule has 0 saturated carbocycles. The maximum atomic E-state index is 11.1. The molecule has 0 aromatic heterocycles. The van der Waals surface area contributed by atoms with Crippen LogP contribution in [-0.2, 0) is 13.1 Å². The molecule has 2 aromatic carbocycles. The van der Waals surface area contributed by atoms with E-state index in [1.165, 1.54) is 6.07 Å². The number of nitrogens with zero attached hydrogens (tertiary/aromatic N) is 2. The van der Waals surface area contributed by atoms with Gasteiger partial charge >= 0.3 is 0 Å². The number of nitrogens with one attached hydrogen (secondary N) is 2. The second-order valence-corrected chi connectivity index (χ2v) is 6.99. The minimum absolute atomic E-state index is 0.0874. The van der Waals surface area contributed by atoms with Crippen molar-refractivity contribution in [2.45, 2.75) is 39.5 Å². The molecule has 0 aliphatic rings. The predicted octanol–water partition coefficient (Wildman–Crippen LogP) is 3.64. The summed E-state index contributed by atoms with van der Waals surface area (Å²) in [7, 11) is 1.66. The van der Waals surface area contributed by atoms with Gasteiger partial charge in [0.05, 0.1) is 4.92 Å². The molecule has 0 aliphatic carbocycles. The summed E-state index contributed by atoms with van der Waals surface area (Å²) in [4.78, 5) is 14.9. The summed E-state index contributed by atoms with van der Waals surface area (Å²) < 4.78 is 5.99. The maximum absolute atomic E-state index is 11.1. The minimum atomic E-state index is -0.382. The molecule has 0 radical (unpaired) electrons. The fraction of sp³-hybridized carbons (Fsp3) is 0.350. The number of nitro groups is 1. The molecule has 0 aliphatic heterocycles. The van der Waals surface area contributed by atoms with Gasteiger partial charge in [0.25, 0.3) is 5.69 Å². The quantitative estimate of drug-likeness (QED) is 0.351. The van der Waals surface area contributed by atoms with Gasteiger partial charge < -0.3 is 15.4 Å². The van der Waals surface area contributed by atoms with Crippen LogP contribution in [0.5, 0.6) is 5.75 Å². The van der Waals surface area contributed by atoms with Crippen molar-refractivity contribution < 1.29 is 9.66 Å². The number of benzene rings is 2. The Morgan fingerprint density at radius 1 is 1.04 bits per heavy atom. The molecular weight excluding hydrogens is 344 g/mol. The number of rotatable bonds is 6. The van der Waals surface area contributed by atoms with E-state index in [1.54, 1.807) is 25.2 Å². The smallest absolute Gasteiger partial charge is 0.274 e. The van der Waals surface area contributed by atoms with E-state index in [2.05, 4.69) is 15.6 Å². The van der Waals surface area contributed by atoms with Crippen LogP contribution in [-0.4, -0.2) is 23.5 Å². The van der Waals surface area contributed by atoms with Gasteiger partial charge in [-0.25, -0.2) is 0 Å².